The van der Waals surface area contributed by atoms with Crippen LogP contribution in [0.25, 0.3) is 0 Å². The minimum absolute atomic E-state index is 0.610. The van der Waals surface area contributed by atoms with Gasteiger partial charge in [-0.2, -0.15) is 0 Å². The van der Waals surface area contributed by atoms with Crippen molar-refractivity contribution in [2.24, 2.45) is 0 Å². The number of hydrogen-bond acceptors (Lipinski definition) is 3. The summed E-state index contributed by atoms with van der Waals surface area (Å²) in [6, 6.07) is 9.79. The zero-order valence-electron chi connectivity index (χ0n) is 9.89. The van der Waals surface area contributed by atoms with E-state index in [0.29, 0.717) is 12.3 Å². The van der Waals surface area contributed by atoms with Crippen molar-refractivity contribution >= 4 is 5.69 Å². The molecule has 0 saturated carbocycles. The van der Waals surface area contributed by atoms with E-state index >= 15 is 0 Å². The van der Waals surface area contributed by atoms with Crippen molar-refractivity contribution in [1.82, 2.24) is 4.98 Å². The van der Waals surface area contributed by atoms with E-state index in [2.05, 4.69) is 4.98 Å². The number of rotatable bonds is 4. The summed E-state index contributed by atoms with van der Waals surface area (Å²) < 4.78 is 5.64. The van der Waals surface area contributed by atoms with Gasteiger partial charge in [0.1, 0.15) is 5.75 Å². The third-order valence-electron chi connectivity index (χ3n) is 2.54. The SMILES string of the molecule is Cc1ccc(OCCc2cccnc2)c(N)c1. The Morgan fingerprint density at radius 2 is 2.18 bits per heavy atom. The number of hydrogen-bond donors (Lipinski definition) is 1. The second kappa shape index (κ2) is 5.34. The molecule has 0 atom stereocenters. The van der Waals surface area contributed by atoms with E-state index in [0.717, 1.165) is 23.3 Å². The summed E-state index contributed by atoms with van der Waals surface area (Å²) >= 11 is 0. The lowest BCUT2D eigenvalue weighted by Gasteiger charge is -2.09. The van der Waals surface area contributed by atoms with Crippen molar-refractivity contribution in [3.05, 3.63) is 53.9 Å². The number of nitrogen functional groups attached to an aromatic ring is 1. The molecule has 0 aliphatic rings. The van der Waals surface area contributed by atoms with Crippen LogP contribution in [0.4, 0.5) is 5.69 Å². The Bertz CT molecular complexity index is 483. The van der Waals surface area contributed by atoms with Crippen molar-refractivity contribution in [2.45, 2.75) is 13.3 Å². The van der Waals surface area contributed by atoms with Crippen LogP contribution in [0.3, 0.4) is 0 Å². The maximum atomic E-state index is 5.86. The van der Waals surface area contributed by atoms with Gasteiger partial charge in [0.25, 0.3) is 0 Å². The van der Waals surface area contributed by atoms with Gasteiger partial charge in [-0.3, -0.25) is 4.98 Å². The summed E-state index contributed by atoms with van der Waals surface area (Å²) in [6.45, 7) is 2.62. The Morgan fingerprint density at radius 1 is 1.29 bits per heavy atom. The Morgan fingerprint density at radius 3 is 2.88 bits per heavy atom. The fourth-order valence-electron chi connectivity index (χ4n) is 1.62. The van der Waals surface area contributed by atoms with Gasteiger partial charge in [0.05, 0.1) is 12.3 Å². The summed E-state index contributed by atoms with van der Waals surface area (Å²) in [4.78, 5) is 4.06. The van der Waals surface area contributed by atoms with E-state index < -0.39 is 0 Å². The molecule has 3 heteroatoms. The molecule has 0 saturated heterocycles. The quantitative estimate of drug-likeness (QED) is 0.818. The van der Waals surface area contributed by atoms with Gasteiger partial charge in [0, 0.05) is 18.8 Å². The second-order valence-electron chi connectivity index (χ2n) is 4.00. The molecule has 0 radical (unpaired) electrons. The molecule has 0 unspecified atom stereocenters. The standard InChI is InChI=1S/C14H16N2O/c1-11-4-5-14(13(15)9-11)17-8-6-12-3-2-7-16-10-12/h2-5,7,9-10H,6,8,15H2,1H3. The summed E-state index contributed by atoms with van der Waals surface area (Å²) in [7, 11) is 0. The van der Waals surface area contributed by atoms with E-state index in [4.69, 9.17) is 10.5 Å². The third kappa shape index (κ3) is 3.21. The fraction of sp³-hybridized carbons (Fsp3) is 0.214. The maximum absolute atomic E-state index is 5.86. The minimum atomic E-state index is 0.610. The number of ether oxygens (including phenoxy) is 1. The van der Waals surface area contributed by atoms with E-state index in [1.807, 2.05) is 43.5 Å². The van der Waals surface area contributed by atoms with Crippen LogP contribution in [0.2, 0.25) is 0 Å². The van der Waals surface area contributed by atoms with Gasteiger partial charge in [0.15, 0.2) is 0 Å². The largest absolute Gasteiger partial charge is 0.491 e. The summed E-state index contributed by atoms with van der Waals surface area (Å²) in [5, 5.41) is 0. The average Bonchev–Trinajstić information content (AvgIpc) is 2.33. The molecule has 0 aliphatic carbocycles. The first kappa shape index (κ1) is 11.5. The van der Waals surface area contributed by atoms with Gasteiger partial charge in [0.2, 0.25) is 0 Å². The van der Waals surface area contributed by atoms with Gasteiger partial charge in [-0.15, -0.1) is 0 Å². The lowest BCUT2D eigenvalue weighted by atomic mass is 10.2. The summed E-state index contributed by atoms with van der Waals surface area (Å²) in [6.07, 6.45) is 4.45. The Hall–Kier alpha value is -2.03. The molecule has 2 aromatic rings. The van der Waals surface area contributed by atoms with Crippen LogP contribution < -0.4 is 10.5 Å². The lowest BCUT2D eigenvalue weighted by Crippen LogP contribution is -2.03. The molecule has 0 spiro atoms. The molecule has 3 nitrogen and oxygen atoms in total. The van der Waals surface area contributed by atoms with Crippen molar-refractivity contribution in [3.8, 4) is 5.75 Å². The number of nitrogens with two attached hydrogens (primary N) is 1. The molecule has 2 rings (SSSR count). The Kier molecular flexibility index (Phi) is 3.60. The van der Waals surface area contributed by atoms with Gasteiger partial charge in [-0.25, -0.2) is 0 Å². The summed E-state index contributed by atoms with van der Waals surface area (Å²) in [5.41, 5.74) is 8.86. The van der Waals surface area contributed by atoms with Gasteiger partial charge < -0.3 is 10.5 Å². The van der Waals surface area contributed by atoms with Gasteiger partial charge in [-0.05, 0) is 36.2 Å². The monoisotopic (exact) mass is 228 g/mol. The number of pyridine rings is 1. The minimum Gasteiger partial charge on any atom is -0.491 e. The Balaban J connectivity index is 1.90. The van der Waals surface area contributed by atoms with Crippen molar-refractivity contribution in [1.29, 1.82) is 0 Å². The molecule has 88 valence electrons. The van der Waals surface area contributed by atoms with Crippen molar-refractivity contribution < 1.29 is 4.74 Å². The first-order valence-corrected chi connectivity index (χ1v) is 5.63. The normalized spacial score (nSPS) is 10.2. The van der Waals surface area contributed by atoms with Crippen molar-refractivity contribution in [3.63, 3.8) is 0 Å². The third-order valence-corrected chi connectivity index (χ3v) is 2.54. The van der Waals surface area contributed by atoms with E-state index in [9.17, 15) is 0 Å². The number of benzene rings is 1. The molecule has 0 aliphatic heterocycles. The number of aromatic nitrogens is 1. The molecule has 17 heavy (non-hydrogen) atoms. The highest BCUT2D eigenvalue weighted by Gasteiger charge is 2.00. The van der Waals surface area contributed by atoms with Crippen LogP contribution in [0.5, 0.6) is 5.75 Å². The molecular weight excluding hydrogens is 212 g/mol. The number of anilines is 1. The molecule has 1 heterocycles. The highest BCUT2D eigenvalue weighted by atomic mass is 16.5. The molecule has 0 bridgehead atoms. The molecule has 0 fully saturated rings. The zero-order chi connectivity index (χ0) is 12.1. The predicted octanol–water partition coefficient (Wildman–Crippen LogP) is 2.59. The first-order valence-electron chi connectivity index (χ1n) is 5.63. The first-order chi connectivity index (χ1) is 8.25. The van der Waals surface area contributed by atoms with Crippen LogP contribution in [0.15, 0.2) is 42.7 Å². The highest BCUT2D eigenvalue weighted by Crippen LogP contribution is 2.22. The number of aryl methyl sites for hydroxylation is 1. The molecule has 1 aromatic carbocycles. The van der Waals surface area contributed by atoms with Gasteiger partial charge in [-0.1, -0.05) is 12.1 Å². The fourth-order valence-corrected chi connectivity index (χ4v) is 1.62. The van der Waals surface area contributed by atoms with E-state index in [1.54, 1.807) is 6.20 Å². The topological polar surface area (TPSA) is 48.1 Å². The molecule has 2 N–H and O–H groups in total. The van der Waals surface area contributed by atoms with Crippen LogP contribution in [0, 0.1) is 6.92 Å². The highest BCUT2D eigenvalue weighted by molar-refractivity contribution is 5.54. The average molecular weight is 228 g/mol. The van der Waals surface area contributed by atoms with E-state index in [1.165, 1.54) is 0 Å². The number of nitrogens with zero attached hydrogens (tertiary/aromatic N) is 1. The molecular formula is C14H16N2O. The van der Waals surface area contributed by atoms with Crippen LogP contribution in [-0.4, -0.2) is 11.6 Å². The second-order valence-corrected chi connectivity index (χ2v) is 4.00. The summed E-state index contributed by atoms with van der Waals surface area (Å²) in [5.74, 6) is 0.750. The lowest BCUT2D eigenvalue weighted by molar-refractivity contribution is 0.323. The molecule has 0 amide bonds. The zero-order valence-corrected chi connectivity index (χ0v) is 9.89. The van der Waals surface area contributed by atoms with E-state index in [-0.39, 0.29) is 0 Å². The van der Waals surface area contributed by atoms with Crippen LogP contribution in [0.1, 0.15) is 11.1 Å². The smallest absolute Gasteiger partial charge is 0.142 e. The van der Waals surface area contributed by atoms with Crippen LogP contribution in [-0.2, 0) is 6.42 Å². The van der Waals surface area contributed by atoms with Crippen molar-refractivity contribution in [2.75, 3.05) is 12.3 Å². The molecule has 1 aromatic heterocycles. The maximum Gasteiger partial charge on any atom is 0.142 e. The predicted molar refractivity (Wildman–Crippen MR) is 69.0 cm³/mol. The van der Waals surface area contributed by atoms with Crippen LogP contribution >= 0.6 is 0 Å². The van der Waals surface area contributed by atoms with Gasteiger partial charge >= 0.3 is 0 Å². The Labute approximate surface area is 101 Å².